The zero-order valence-corrected chi connectivity index (χ0v) is 18.7. The standard InChI is InChI=1S/C18H33NO9S/c1-7-14(27-16(22)12(2)3)28-17(23)15(21)18(5,6)11-26-29(24,25)10-8-9-19-13(4)20/h12,14-15,21H,7-11H2,1-6H3,(H,19,20)/t14?,15-/m0/s1. The molecule has 29 heavy (non-hydrogen) atoms. The van der Waals surface area contributed by atoms with Crippen molar-refractivity contribution < 1.29 is 41.6 Å². The number of hydrogen-bond donors (Lipinski definition) is 2. The zero-order chi connectivity index (χ0) is 22.8. The average Bonchev–Trinajstić information content (AvgIpc) is 2.62. The highest BCUT2D eigenvalue weighted by atomic mass is 32.2. The molecule has 0 spiro atoms. The third kappa shape index (κ3) is 11.1. The van der Waals surface area contributed by atoms with Crippen molar-refractivity contribution in [3.8, 4) is 0 Å². The summed E-state index contributed by atoms with van der Waals surface area (Å²) in [6, 6.07) is 0. The topological polar surface area (TPSA) is 145 Å². The van der Waals surface area contributed by atoms with E-state index in [1.165, 1.54) is 20.8 Å². The predicted molar refractivity (Wildman–Crippen MR) is 104 cm³/mol. The molecule has 0 saturated carbocycles. The Bertz CT molecular complexity index is 658. The number of nitrogens with one attached hydrogen (secondary N) is 1. The highest BCUT2D eigenvalue weighted by Gasteiger charge is 2.38. The monoisotopic (exact) mass is 439 g/mol. The lowest BCUT2D eigenvalue weighted by atomic mass is 9.88. The molecule has 0 aromatic heterocycles. The number of rotatable bonds is 13. The van der Waals surface area contributed by atoms with Gasteiger partial charge in [0.25, 0.3) is 10.1 Å². The van der Waals surface area contributed by atoms with E-state index in [1.807, 2.05) is 0 Å². The Morgan fingerprint density at radius 1 is 1.10 bits per heavy atom. The molecule has 11 heteroatoms. The minimum absolute atomic E-state index is 0.159. The smallest absolute Gasteiger partial charge is 0.338 e. The average molecular weight is 440 g/mol. The zero-order valence-electron chi connectivity index (χ0n) is 17.9. The maximum Gasteiger partial charge on any atom is 0.338 e. The van der Waals surface area contributed by atoms with Crippen LogP contribution in [-0.2, 0) is 38.2 Å². The van der Waals surface area contributed by atoms with Gasteiger partial charge in [-0.2, -0.15) is 8.42 Å². The van der Waals surface area contributed by atoms with Crippen LogP contribution in [0, 0.1) is 11.3 Å². The number of aliphatic hydroxyl groups excluding tert-OH is 1. The molecule has 0 aromatic carbocycles. The first-order chi connectivity index (χ1) is 13.2. The molecule has 0 bridgehead atoms. The molecular weight excluding hydrogens is 406 g/mol. The second-order valence-electron chi connectivity index (χ2n) is 7.62. The summed E-state index contributed by atoms with van der Waals surface area (Å²) >= 11 is 0. The van der Waals surface area contributed by atoms with Crippen LogP contribution in [0.1, 0.15) is 54.4 Å². The minimum atomic E-state index is -3.91. The van der Waals surface area contributed by atoms with E-state index in [9.17, 15) is 27.9 Å². The van der Waals surface area contributed by atoms with Crippen LogP contribution in [0.2, 0.25) is 0 Å². The van der Waals surface area contributed by atoms with E-state index in [-0.39, 0.29) is 31.0 Å². The lowest BCUT2D eigenvalue weighted by Gasteiger charge is -2.29. The molecule has 170 valence electrons. The van der Waals surface area contributed by atoms with Crippen molar-refractivity contribution in [2.24, 2.45) is 11.3 Å². The Morgan fingerprint density at radius 3 is 2.14 bits per heavy atom. The van der Waals surface area contributed by atoms with Gasteiger partial charge < -0.3 is 19.9 Å². The summed E-state index contributed by atoms with van der Waals surface area (Å²) in [5.74, 6) is -2.60. The van der Waals surface area contributed by atoms with Gasteiger partial charge in [-0.15, -0.1) is 0 Å². The first-order valence-corrected chi connectivity index (χ1v) is 11.0. The van der Waals surface area contributed by atoms with Gasteiger partial charge in [-0.25, -0.2) is 4.79 Å². The summed E-state index contributed by atoms with van der Waals surface area (Å²) in [4.78, 5) is 34.6. The lowest BCUT2D eigenvalue weighted by molar-refractivity contribution is -0.200. The Hall–Kier alpha value is -1.72. The fraction of sp³-hybridized carbons (Fsp3) is 0.833. The highest BCUT2D eigenvalue weighted by molar-refractivity contribution is 7.86. The van der Waals surface area contributed by atoms with E-state index in [0.717, 1.165) is 0 Å². The maximum absolute atomic E-state index is 12.2. The predicted octanol–water partition coefficient (Wildman–Crippen LogP) is 0.725. The summed E-state index contributed by atoms with van der Waals surface area (Å²) in [7, 11) is -3.91. The van der Waals surface area contributed by atoms with Crippen molar-refractivity contribution in [2.45, 2.75) is 66.8 Å². The minimum Gasteiger partial charge on any atom is -0.425 e. The molecule has 1 unspecified atom stereocenters. The molecule has 2 N–H and O–H groups in total. The Kier molecular flexibility index (Phi) is 11.4. The second-order valence-corrected chi connectivity index (χ2v) is 9.38. The van der Waals surface area contributed by atoms with E-state index in [4.69, 9.17) is 13.7 Å². The number of esters is 2. The van der Waals surface area contributed by atoms with Crippen LogP contribution in [-0.4, -0.2) is 62.7 Å². The molecule has 0 rings (SSSR count). The largest absolute Gasteiger partial charge is 0.425 e. The Balaban J connectivity index is 4.71. The molecule has 2 atom stereocenters. The van der Waals surface area contributed by atoms with Crippen molar-refractivity contribution in [1.29, 1.82) is 0 Å². The van der Waals surface area contributed by atoms with Gasteiger partial charge in [-0.05, 0) is 6.42 Å². The molecule has 0 aliphatic heterocycles. The number of ether oxygens (including phenoxy) is 2. The van der Waals surface area contributed by atoms with E-state index < -0.39 is 52.4 Å². The van der Waals surface area contributed by atoms with Gasteiger partial charge in [0.15, 0.2) is 6.10 Å². The van der Waals surface area contributed by atoms with Gasteiger partial charge in [-0.1, -0.05) is 34.6 Å². The van der Waals surface area contributed by atoms with Crippen LogP contribution in [0.4, 0.5) is 0 Å². The summed E-state index contributed by atoms with van der Waals surface area (Å²) in [5.41, 5.74) is -1.29. The summed E-state index contributed by atoms with van der Waals surface area (Å²) in [6.45, 7) is 8.81. The van der Waals surface area contributed by atoms with Gasteiger partial charge >= 0.3 is 11.9 Å². The first kappa shape index (κ1) is 27.3. The number of carbonyl (C=O) groups is 3. The summed E-state index contributed by atoms with van der Waals surface area (Å²) in [5, 5.41) is 12.7. The lowest BCUT2D eigenvalue weighted by Crippen LogP contribution is -2.43. The maximum atomic E-state index is 12.2. The van der Waals surface area contributed by atoms with E-state index in [2.05, 4.69) is 5.32 Å². The van der Waals surface area contributed by atoms with E-state index in [0.29, 0.717) is 0 Å². The molecule has 0 fully saturated rings. The van der Waals surface area contributed by atoms with Gasteiger partial charge in [-0.3, -0.25) is 13.8 Å². The molecule has 10 nitrogen and oxygen atoms in total. The quantitative estimate of drug-likeness (QED) is 0.183. The first-order valence-electron chi connectivity index (χ1n) is 9.42. The molecule has 0 aliphatic carbocycles. The Labute approximate surface area is 172 Å². The second kappa shape index (κ2) is 12.1. The van der Waals surface area contributed by atoms with Crippen molar-refractivity contribution in [1.82, 2.24) is 5.32 Å². The normalized spacial score (nSPS) is 14.2. The van der Waals surface area contributed by atoms with E-state index >= 15 is 0 Å². The fourth-order valence-electron chi connectivity index (χ4n) is 1.86. The van der Waals surface area contributed by atoms with Crippen molar-refractivity contribution in [3.63, 3.8) is 0 Å². The van der Waals surface area contributed by atoms with Crippen molar-refractivity contribution in [2.75, 3.05) is 18.9 Å². The molecule has 0 aliphatic rings. The van der Waals surface area contributed by atoms with Crippen LogP contribution in [0.3, 0.4) is 0 Å². The van der Waals surface area contributed by atoms with Crippen LogP contribution in [0.5, 0.6) is 0 Å². The molecule has 0 radical (unpaired) electrons. The summed E-state index contributed by atoms with van der Waals surface area (Å²) < 4.78 is 38.8. The van der Waals surface area contributed by atoms with Crippen molar-refractivity contribution >= 4 is 28.0 Å². The molecular formula is C18H33NO9S. The van der Waals surface area contributed by atoms with Gasteiger partial charge in [0, 0.05) is 25.3 Å². The molecule has 0 saturated heterocycles. The van der Waals surface area contributed by atoms with Crippen LogP contribution < -0.4 is 5.32 Å². The third-order valence-corrected chi connectivity index (χ3v) is 5.08. The SMILES string of the molecule is CCC(OC(=O)C(C)C)OC(=O)[C@H](O)C(C)(C)COS(=O)(=O)CCCNC(C)=O. The van der Waals surface area contributed by atoms with Crippen LogP contribution in [0.25, 0.3) is 0 Å². The highest BCUT2D eigenvalue weighted by Crippen LogP contribution is 2.24. The number of hydrogen-bond acceptors (Lipinski definition) is 9. The molecule has 0 aromatic rings. The van der Waals surface area contributed by atoms with Gasteiger partial charge in [0.05, 0.1) is 18.3 Å². The van der Waals surface area contributed by atoms with Crippen LogP contribution in [0.15, 0.2) is 0 Å². The number of carbonyl (C=O) groups excluding carboxylic acids is 3. The third-order valence-electron chi connectivity index (χ3n) is 3.82. The van der Waals surface area contributed by atoms with Gasteiger partial charge in [0.2, 0.25) is 12.2 Å². The molecule has 0 heterocycles. The van der Waals surface area contributed by atoms with E-state index in [1.54, 1.807) is 20.8 Å². The van der Waals surface area contributed by atoms with Gasteiger partial charge in [0.1, 0.15) is 0 Å². The summed E-state index contributed by atoms with van der Waals surface area (Å²) in [6.07, 6.45) is -2.51. The van der Waals surface area contributed by atoms with Crippen LogP contribution >= 0.6 is 0 Å². The number of aliphatic hydroxyl groups is 1. The molecule has 1 amide bonds. The van der Waals surface area contributed by atoms with Crippen molar-refractivity contribution in [3.05, 3.63) is 0 Å². The fourth-order valence-corrected chi connectivity index (χ4v) is 2.96. The Morgan fingerprint density at radius 2 is 1.66 bits per heavy atom. The number of amides is 1.